The average molecular weight is 246 g/mol. The van der Waals surface area contributed by atoms with E-state index in [-0.39, 0.29) is 17.9 Å². The van der Waals surface area contributed by atoms with Crippen LogP contribution in [0.15, 0.2) is 10.9 Å². The van der Waals surface area contributed by atoms with Crippen molar-refractivity contribution in [2.75, 3.05) is 0 Å². The highest BCUT2D eigenvalue weighted by Crippen LogP contribution is 2.44. The predicted octanol–water partition coefficient (Wildman–Crippen LogP) is 1.67. The van der Waals surface area contributed by atoms with E-state index in [4.69, 9.17) is 6.42 Å². The Labute approximate surface area is 102 Å². The Morgan fingerprint density at radius 2 is 2.41 bits per heavy atom. The summed E-state index contributed by atoms with van der Waals surface area (Å²) >= 11 is 1.45. The van der Waals surface area contributed by atoms with Crippen molar-refractivity contribution in [2.24, 2.45) is 0 Å². The van der Waals surface area contributed by atoms with E-state index in [9.17, 15) is 9.90 Å². The molecule has 17 heavy (non-hydrogen) atoms. The summed E-state index contributed by atoms with van der Waals surface area (Å²) in [5, 5.41) is 10.8. The first kappa shape index (κ1) is 10.4. The van der Waals surface area contributed by atoms with E-state index >= 15 is 0 Å². The van der Waals surface area contributed by atoms with Gasteiger partial charge < -0.3 is 5.11 Å². The first-order valence-corrected chi connectivity index (χ1v) is 6.19. The zero-order valence-corrected chi connectivity index (χ0v) is 9.83. The highest BCUT2D eigenvalue weighted by molar-refractivity contribution is 7.19. The summed E-state index contributed by atoms with van der Waals surface area (Å²) in [7, 11) is 0. The lowest BCUT2D eigenvalue weighted by Crippen LogP contribution is -2.18. The second kappa shape index (κ2) is 3.60. The lowest BCUT2D eigenvalue weighted by atomic mass is 10.4. The molecule has 5 heteroatoms. The van der Waals surface area contributed by atoms with Crippen LogP contribution in [0.25, 0.3) is 10.3 Å². The number of nitrogens with zero attached hydrogens (tertiary/aromatic N) is 2. The summed E-state index contributed by atoms with van der Waals surface area (Å²) in [6, 6.07) is 1.20. The fourth-order valence-electron chi connectivity index (χ4n) is 1.79. The lowest BCUT2D eigenvalue weighted by molar-refractivity contribution is 0.480. The van der Waals surface area contributed by atoms with Crippen LogP contribution in [-0.4, -0.2) is 14.7 Å². The minimum atomic E-state index is -0.305. The molecule has 86 valence electrons. The molecule has 0 aliphatic heterocycles. The molecule has 0 radical (unpaired) electrons. The Bertz CT molecular complexity index is 689. The van der Waals surface area contributed by atoms with E-state index in [1.807, 2.05) is 0 Å². The average Bonchev–Trinajstić information content (AvgIpc) is 3.04. The van der Waals surface area contributed by atoms with Gasteiger partial charge in [-0.15, -0.1) is 17.8 Å². The second-order valence-corrected chi connectivity index (χ2v) is 5.17. The smallest absolute Gasteiger partial charge is 0.256 e. The van der Waals surface area contributed by atoms with Gasteiger partial charge in [-0.3, -0.25) is 9.36 Å². The summed E-state index contributed by atoms with van der Waals surface area (Å²) in [6.07, 6.45) is 7.52. The molecule has 0 atom stereocenters. The fourth-order valence-corrected chi connectivity index (χ4v) is 2.95. The maximum Gasteiger partial charge on any atom is 0.256 e. The van der Waals surface area contributed by atoms with Gasteiger partial charge in [0.1, 0.15) is 10.4 Å². The molecule has 2 aromatic heterocycles. The molecular weight excluding hydrogens is 236 g/mol. The van der Waals surface area contributed by atoms with Gasteiger partial charge in [-0.25, -0.2) is 4.98 Å². The fraction of sp³-hybridized carbons (Fsp3) is 0.333. The number of hydrogen-bond donors (Lipinski definition) is 1. The molecule has 2 aromatic rings. The van der Waals surface area contributed by atoms with Gasteiger partial charge in [-0.05, 0) is 12.8 Å². The minimum Gasteiger partial charge on any atom is -0.506 e. The van der Waals surface area contributed by atoms with Crippen LogP contribution >= 0.6 is 11.3 Å². The van der Waals surface area contributed by atoms with Crippen molar-refractivity contribution in [3.05, 3.63) is 21.4 Å². The first-order chi connectivity index (χ1) is 8.20. The van der Waals surface area contributed by atoms with Gasteiger partial charge >= 0.3 is 0 Å². The Morgan fingerprint density at radius 1 is 1.65 bits per heavy atom. The Hall–Kier alpha value is -1.80. The number of terminal acetylenes is 1. The molecule has 0 saturated heterocycles. The molecule has 0 amide bonds. The maximum atomic E-state index is 11.7. The van der Waals surface area contributed by atoms with Gasteiger partial charge in [-0.1, -0.05) is 5.92 Å². The third-order valence-corrected chi connectivity index (χ3v) is 4.05. The quantitative estimate of drug-likeness (QED) is 0.820. The van der Waals surface area contributed by atoms with Crippen molar-refractivity contribution in [3.8, 4) is 18.1 Å². The van der Waals surface area contributed by atoms with E-state index in [0.29, 0.717) is 16.3 Å². The zero-order chi connectivity index (χ0) is 12.0. The summed E-state index contributed by atoms with van der Waals surface area (Å²) < 4.78 is 2.08. The van der Waals surface area contributed by atoms with Gasteiger partial charge in [-0.2, -0.15) is 0 Å². The molecule has 1 aliphatic carbocycles. The number of thiazole rings is 1. The largest absolute Gasteiger partial charge is 0.506 e. The van der Waals surface area contributed by atoms with Crippen LogP contribution in [0.2, 0.25) is 0 Å². The SMILES string of the molecule is C#CCn1c(=O)cc(O)c2sc(C3CC3)nc21. The van der Waals surface area contributed by atoms with Gasteiger partial charge in [0.2, 0.25) is 0 Å². The molecule has 0 unspecified atom stereocenters. The van der Waals surface area contributed by atoms with Crippen molar-refractivity contribution >= 4 is 21.7 Å². The molecule has 3 rings (SSSR count). The zero-order valence-electron chi connectivity index (χ0n) is 9.01. The van der Waals surface area contributed by atoms with Gasteiger partial charge in [0.05, 0.1) is 11.6 Å². The lowest BCUT2D eigenvalue weighted by Gasteiger charge is -2.02. The molecule has 0 bridgehead atoms. The van der Waals surface area contributed by atoms with E-state index in [2.05, 4.69) is 10.9 Å². The van der Waals surface area contributed by atoms with E-state index in [1.165, 1.54) is 22.0 Å². The number of hydrogen-bond acceptors (Lipinski definition) is 4. The van der Waals surface area contributed by atoms with Crippen LogP contribution in [-0.2, 0) is 6.54 Å². The normalized spacial score (nSPS) is 15.0. The number of aromatic nitrogens is 2. The molecule has 1 aliphatic rings. The second-order valence-electron chi connectivity index (χ2n) is 4.14. The molecular formula is C12H10N2O2S. The Balaban J connectivity index is 2.31. The van der Waals surface area contributed by atoms with Crippen molar-refractivity contribution in [1.29, 1.82) is 0 Å². The maximum absolute atomic E-state index is 11.7. The van der Waals surface area contributed by atoms with Crippen LogP contribution in [0.4, 0.5) is 0 Å². The van der Waals surface area contributed by atoms with Gasteiger partial charge in [0.15, 0.2) is 5.65 Å². The molecule has 1 N–H and O–H groups in total. The van der Waals surface area contributed by atoms with E-state index in [0.717, 1.165) is 17.8 Å². The van der Waals surface area contributed by atoms with Crippen LogP contribution in [0, 0.1) is 12.3 Å². The van der Waals surface area contributed by atoms with Crippen molar-refractivity contribution < 1.29 is 5.11 Å². The third kappa shape index (κ3) is 1.61. The third-order valence-electron chi connectivity index (χ3n) is 2.82. The monoisotopic (exact) mass is 246 g/mol. The Morgan fingerprint density at radius 3 is 3.06 bits per heavy atom. The highest BCUT2D eigenvalue weighted by Gasteiger charge is 2.28. The summed E-state index contributed by atoms with van der Waals surface area (Å²) in [6.45, 7) is 0.184. The van der Waals surface area contributed by atoms with Crippen LogP contribution < -0.4 is 5.56 Å². The summed E-state index contributed by atoms with van der Waals surface area (Å²) in [4.78, 5) is 16.2. The van der Waals surface area contributed by atoms with Crippen LogP contribution in [0.1, 0.15) is 23.8 Å². The Kier molecular flexibility index (Phi) is 2.20. The van der Waals surface area contributed by atoms with Crippen molar-refractivity contribution in [3.63, 3.8) is 0 Å². The molecule has 4 nitrogen and oxygen atoms in total. The molecule has 2 heterocycles. The number of fused-ring (bicyclic) bond motifs is 1. The minimum absolute atomic E-state index is 0.00247. The standard InChI is InChI=1S/C12H10N2O2S/c1-2-5-14-9(16)6-8(15)10-11(14)13-12(17-10)7-3-4-7/h1,6-7,15H,3-5H2. The number of pyridine rings is 1. The van der Waals surface area contributed by atoms with Crippen LogP contribution in [0.3, 0.4) is 0 Å². The molecule has 0 spiro atoms. The van der Waals surface area contributed by atoms with Crippen molar-refractivity contribution in [2.45, 2.75) is 25.3 Å². The summed E-state index contributed by atoms with van der Waals surface area (Å²) in [5.74, 6) is 2.94. The van der Waals surface area contributed by atoms with E-state index in [1.54, 1.807) is 0 Å². The highest BCUT2D eigenvalue weighted by atomic mass is 32.1. The first-order valence-electron chi connectivity index (χ1n) is 5.37. The van der Waals surface area contributed by atoms with Gasteiger partial charge in [0, 0.05) is 12.0 Å². The van der Waals surface area contributed by atoms with Crippen molar-refractivity contribution in [1.82, 2.24) is 9.55 Å². The number of rotatable bonds is 2. The predicted molar refractivity (Wildman–Crippen MR) is 66.4 cm³/mol. The molecule has 0 aromatic carbocycles. The van der Waals surface area contributed by atoms with E-state index < -0.39 is 0 Å². The number of aromatic hydroxyl groups is 1. The van der Waals surface area contributed by atoms with Gasteiger partial charge in [0.25, 0.3) is 5.56 Å². The molecule has 1 fully saturated rings. The topological polar surface area (TPSA) is 55.1 Å². The van der Waals surface area contributed by atoms with Crippen LogP contribution in [0.5, 0.6) is 5.75 Å². The summed E-state index contributed by atoms with van der Waals surface area (Å²) in [5.41, 5.74) is 0.209. The molecule has 1 saturated carbocycles.